The molecule has 0 saturated carbocycles. The third kappa shape index (κ3) is 5.47. The van der Waals surface area contributed by atoms with Crippen LogP contribution in [0.3, 0.4) is 0 Å². The van der Waals surface area contributed by atoms with Gasteiger partial charge in [-0.05, 0) is 80.1 Å². The standard InChI is InChI=1S/C25H22BrF4N3O2/c1-14-11-16(26)9-10-19(14)24(2,27)13-31-22(34)21-18-7-4-8-20(18)32-33-23(21)35-17-6-3-5-15(12-17)25(28,29)30/h3,5-6,9-12H,4,7-8,13H2,1-2H3,(H,31,34). The topological polar surface area (TPSA) is 64.1 Å². The molecule has 1 atom stereocenters. The Kier molecular flexibility index (Phi) is 6.86. The Hall–Kier alpha value is -3.01. The highest BCUT2D eigenvalue weighted by Crippen LogP contribution is 2.35. The summed E-state index contributed by atoms with van der Waals surface area (Å²) in [7, 11) is 0. The number of amides is 1. The molecule has 1 heterocycles. The largest absolute Gasteiger partial charge is 0.437 e. The minimum atomic E-state index is -4.56. The van der Waals surface area contributed by atoms with E-state index in [0.29, 0.717) is 29.7 Å². The van der Waals surface area contributed by atoms with Crippen molar-refractivity contribution in [2.24, 2.45) is 0 Å². The van der Waals surface area contributed by atoms with Crippen molar-refractivity contribution in [3.63, 3.8) is 0 Å². The van der Waals surface area contributed by atoms with Crippen molar-refractivity contribution in [2.45, 2.75) is 45.0 Å². The Bertz CT molecular complexity index is 1280. The molecular weight excluding hydrogens is 530 g/mol. The second-order valence-electron chi connectivity index (χ2n) is 8.63. The smallest absolute Gasteiger partial charge is 0.416 e. The zero-order valence-corrected chi connectivity index (χ0v) is 20.6. The molecule has 10 heteroatoms. The normalized spacial score (nSPS) is 14.8. The van der Waals surface area contributed by atoms with E-state index in [-0.39, 0.29) is 23.7 Å². The van der Waals surface area contributed by atoms with Crippen molar-refractivity contribution in [3.05, 3.63) is 80.4 Å². The minimum absolute atomic E-state index is 0.0632. The number of aromatic nitrogens is 2. The third-order valence-electron chi connectivity index (χ3n) is 5.90. The maximum absolute atomic E-state index is 15.6. The Morgan fingerprint density at radius 2 is 1.89 bits per heavy atom. The van der Waals surface area contributed by atoms with Crippen LogP contribution in [-0.4, -0.2) is 22.6 Å². The Balaban J connectivity index is 1.62. The molecule has 0 saturated heterocycles. The first-order chi connectivity index (χ1) is 16.5. The summed E-state index contributed by atoms with van der Waals surface area (Å²) in [6.45, 7) is 2.83. The summed E-state index contributed by atoms with van der Waals surface area (Å²) in [6.07, 6.45) is -2.66. The number of carbonyl (C=O) groups is 1. The van der Waals surface area contributed by atoms with Gasteiger partial charge in [0.2, 0.25) is 0 Å². The van der Waals surface area contributed by atoms with E-state index in [9.17, 15) is 18.0 Å². The van der Waals surface area contributed by atoms with Crippen LogP contribution in [0.5, 0.6) is 11.6 Å². The van der Waals surface area contributed by atoms with E-state index < -0.39 is 23.3 Å². The highest BCUT2D eigenvalue weighted by Gasteiger charge is 2.33. The molecule has 1 aromatic heterocycles. The number of hydrogen-bond donors (Lipinski definition) is 1. The monoisotopic (exact) mass is 551 g/mol. The number of carbonyl (C=O) groups excluding carboxylic acids is 1. The van der Waals surface area contributed by atoms with Gasteiger partial charge in [-0.25, -0.2) is 4.39 Å². The Morgan fingerprint density at radius 1 is 1.11 bits per heavy atom. The summed E-state index contributed by atoms with van der Waals surface area (Å²) in [5.74, 6) is -0.983. The summed E-state index contributed by atoms with van der Waals surface area (Å²) in [5, 5.41) is 10.7. The molecule has 1 unspecified atom stereocenters. The van der Waals surface area contributed by atoms with Crippen LogP contribution in [0.1, 0.15) is 51.7 Å². The SMILES string of the molecule is Cc1cc(Br)ccc1C(C)(F)CNC(=O)c1c(Oc2cccc(C(F)(F)F)c2)nnc2c1CCC2. The molecule has 0 fully saturated rings. The molecular formula is C25H22BrF4N3O2. The van der Waals surface area contributed by atoms with Gasteiger partial charge in [-0.1, -0.05) is 28.1 Å². The van der Waals surface area contributed by atoms with Crippen LogP contribution in [0.2, 0.25) is 0 Å². The average molecular weight is 552 g/mol. The van der Waals surface area contributed by atoms with Crippen molar-refractivity contribution < 1.29 is 27.1 Å². The van der Waals surface area contributed by atoms with Gasteiger partial charge in [0.15, 0.2) is 5.67 Å². The molecule has 0 radical (unpaired) electrons. The maximum atomic E-state index is 15.6. The summed E-state index contributed by atoms with van der Waals surface area (Å²) in [4.78, 5) is 13.2. The first-order valence-electron chi connectivity index (χ1n) is 10.9. The van der Waals surface area contributed by atoms with Gasteiger partial charge >= 0.3 is 6.18 Å². The van der Waals surface area contributed by atoms with Gasteiger partial charge in [0, 0.05) is 4.47 Å². The number of nitrogens with zero attached hydrogens (tertiary/aromatic N) is 2. The number of ether oxygens (including phenoxy) is 1. The zero-order chi connectivity index (χ0) is 25.4. The van der Waals surface area contributed by atoms with Crippen molar-refractivity contribution in [1.29, 1.82) is 0 Å². The third-order valence-corrected chi connectivity index (χ3v) is 6.39. The van der Waals surface area contributed by atoms with Crippen LogP contribution < -0.4 is 10.1 Å². The Morgan fingerprint density at radius 3 is 2.60 bits per heavy atom. The minimum Gasteiger partial charge on any atom is -0.437 e. The highest BCUT2D eigenvalue weighted by molar-refractivity contribution is 9.10. The molecule has 0 spiro atoms. The Labute approximate surface area is 208 Å². The van der Waals surface area contributed by atoms with Crippen molar-refractivity contribution in [2.75, 3.05) is 6.54 Å². The summed E-state index contributed by atoms with van der Waals surface area (Å²) >= 11 is 3.35. The molecule has 1 aliphatic rings. The van der Waals surface area contributed by atoms with Crippen LogP contribution in [0.4, 0.5) is 17.6 Å². The number of benzene rings is 2. The fraction of sp³-hybridized carbons (Fsp3) is 0.320. The van der Waals surface area contributed by atoms with Gasteiger partial charge in [0.05, 0.1) is 17.8 Å². The average Bonchev–Trinajstić information content (AvgIpc) is 3.25. The maximum Gasteiger partial charge on any atom is 0.416 e. The molecule has 5 nitrogen and oxygen atoms in total. The molecule has 1 N–H and O–H groups in total. The van der Waals surface area contributed by atoms with E-state index in [0.717, 1.165) is 28.6 Å². The van der Waals surface area contributed by atoms with E-state index in [2.05, 4.69) is 31.4 Å². The fourth-order valence-corrected chi connectivity index (χ4v) is 4.66. The summed E-state index contributed by atoms with van der Waals surface area (Å²) in [5.41, 5.74) is -0.315. The van der Waals surface area contributed by atoms with E-state index >= 15 is 4.39 Å². The number of rotatable bonds is 6. The number of alkyl halides is 4. The first kappa shape index (κ1) is 25.1. The molecule has 4 rings (SSSR count). The van der Waals surface area contributed by atoms with Crippen molar-refractivity contribution >= 4 is 21.8 Å². The predicted octanol–water partition coefficient (Wildman–Crippen LogP) is 6.46. The lowest BCUT2D eigenvalue weighted by molar-refractivity contribution is -0.137. The van der Waals surface area contributed by atoms with Gasteiger partial charge in [-0.2, -0.15) is 18.3 Å². The zero-order valence-electron chi connectivity index (χ0n) is 19.0. The molecule has 3 aromatic rings. The number of nitrogens with one attached hydrogen (secondary N) is 1. The van der Waals surface area contributed by atoms with Crippen LogP contribution in [0.15, 0.2) is 46.9 Å². The van der Waals surface area contributed by atoms with Gasteiger partial charge < -0.3 is 10.1 Å². The van der Waals surface area contributed by atoms with Gasteiger partial charge in [0.25, 0.3) is 11.8 Å². The van der Waals surface area contributed by atoms with Crippen LogP contribution in [0, 0.1) is 6.92 Å². The van der Waals surface area contributed by atoms with Gasteiger partial charge in [-0.15, -0.1) is 5.10 Å². The number of aryl methyl sites for hydroxylation is 2. The highest BCUT2D eigenvalue weighted by atomic mass is 79.9. The second-order valence-corrected chi connectivity index (χ2v) is 9.54. The molecule has 35 heavy (non-hydrogen) atoms. The molecule has 0 aliphatic heterocycles. The van der Waals surface area contributed by atoms with Crippen molar-refractivity contribution in [1.82, 2.24) is 15.5 Å². The van der Waals surface area contributed by atoms with E-state index in [1.54, 1.807) is 25.1 Å². The quantitative estimate of drug-likeness (QED) is 0.357. The van der Waals surface area contributed by atoms with Gasteiger partial charge in [-0.3, -0.25) is 4.79 Å². The molecule has 184 valence electrons. The van der Waals surface area contributed by atoms with Gasteiger partial charge in [0.1, 0.15) is 11.3 Å². The van der Waals surface area contributed by atoms with E-state index in [1.165, 1.54) is 19.1 Å². The first-order valence-corrected chi connectivity index (χ1v) is 11.7. The van der Waals surface area contributed by atoms with E-state index in [1.807, 2.05) is 0 Å². The molecule has 2 aromatic carbocycles. The molecule has 1 amide bonds. The second kappa shape index (κ2) is 9.56. The predicted molar refractivity (Wildman–Crippen MR) is 125 cm³/mol. The van der Waals surface area contributed by atoms with Crippen LogP contribution >= 0.6 is 15.9 Å². The molecule has 0 bridgehead atoms. The lowest BCUT2D eigenvalue weighted by Gasteiger charge is -2.24. The number of hydrogen-bond acceptors (Lipinski definition) is 4. The number of halogens is 5. The number of fused-ring (bicyclic) bond motifs is 1. The lowest BCUT2D eigenvalue weighted by Crippen LogP contribution is -2.37. The fourth-order valence-electron chi connectivity index (χ4n) is 4.19. The molecule has 1 aliphatic carbocycles. The summed E-state index contributed by atoms with van der Waals surface area (Å²) in [6, 6.07) is 9.44. The van der Waals surface area contributed by atoms with Crippen molar-refractivity contribution in [3.8, 4) is 11.6 Å². The van der Waals surface area contributed by atoms with Crippen LogP contribution in [0.25, 0.3) is 0 Å². The van der Waals surface area contributed by atoms with E-state index in [4.69, 9.17) is 4.74 Å². The lowest BCUT2D eigenvalue weighted by atomic mass is 9.93. The van der Waals surface area contributed by atoms with Crippen LogP contribution in [-0.2, 0) is 24.7 Å². The summed E-state index contributed by atoms with van der Waals surface area (Å²) < 4.78 is 61.3.